The maximum Gasteiger partial charge on any atom is 0.387 e. The van der Waals surface area contributed by atoms with Gasteiger partial charge in [0.15, 0.2) is 5.76 Å². The smallest absolute Gasteiger partial charge is 0.387 e. The van der Waals surface area contributed by atoms with Crippen molar-refractivity contribution in [3.8, 4) is 5.75 Å². The summed E-state index contributed by atoms with van der Waals surface area (Å²) < 4.78 is 33.6. The van der Waals surface area contributed by atoms with Gasteiger partial charge in [-0.05, 0) is 46.3 Å². The Bertz CT molecular complexity index is 549. The first kappa shape index (κ1) is 12.8. The van der Waals surface area contributed by atoms with Crippen molar-refractivity contribution in [2.75, 3.05) is 0 Å². The number of hydrogen-bond acceptors (Lipinski definition) is 3. The van der Waals surface area contributed by atoms with Crippen LogP contribution in [-0.2, 0) is 0 Å². The van der Waals surface area contributed by atoms with Crippen molar-refractivity contribution in [2.24, 2.45) is 0 Å². The van der Waals surface area contributed by atoms with E-state index in [2.05, 4.69) is 20.7 Å². The van der Waals surface area contributed by atoms with Crippen molar-refractivity contribution < 1.29 is 22.7 Å². The number of rotatable bonds is 4. The second-order valence-corrected chi connectivity index (χ2v) is 4.18. The van der Waals surface area contributed by atoms with E-state index in [1.165, 1.54) is 30.5 Å². The molecule has 3 nitrogen and oxygen atoms in total. The highest BCUT2D eigenvalue weighted by Gasteiger charge is 2.16. The molecule has 1 heterocycles. The number of alkyl halides is 2. The molecule has 0 aliphatic rings. The van der Waals surface area contributed by atoms with E-state index in [0.29, 0.717) is 10.0 Å². The van der Waals surface area contributed by atoms with Crippen molar-refractivity contribution >= 4 is 21.7 Å². The van der Waals surface area contributed by atoms with E-state index in [-0.39, 0.29) is 17.3 Å². The topological polar surface area (TPSA) is 39.4 Å². The minimum atomic E-state index is -2.88. The highest BCUT2D eigenvalue weighted by atomic mass is 79.9. The van der Waals surface area contributed by atoms with Gasteiger partial charge in [0.1, 0.15) is 5.75 Å². The third kappa shape index (κ3) is 2.76. The molecular weight excluding hydrogens is 310 g/mol. The fourth-order valence-corrected chi connectivity index (χ4v) is 1.76. The van der Waals surface area contributed by atoms with Crippen molar-refractivity contribution in [3.05, 3.63) is 52.4 Å². The average molecular weight is 317 g/mol. The van der Waals surface area contributed by atoms with Crippen LogP contribution < -0.4 is 4.74 Å². The maximum atomic E-state index is 11.9. The molecular formula is C12H7BrF2O3. The summed E-state index contributed by atoms with van der Waals surface area (Å²) in [6, 6.07) is 7.00. The van der Waals surface area contributed by atoms with Crippen LogP contribution in [0.15, 0.2) is 45.5 Å². The Balaban J connectivity index is 2.20. The third-order valence-electron chi connectivity index (χ3n) is 2.17. The van der Waals surface area contributed by atoms with E-state index < -0.39 is 6.61 Å². The van der Waals surface area contributed by atoms with E-state index in [9.17, 15) is 13.6 Å². The fourth-order valence-electron chi connectivity index (χ4n) is 1.37. The highest BCUT2D eigenvalue weighted by Crippen LogP contribution is 2.22. The molecule has 0 aliphatic carbocycles. The van der Waals surface area contributed by atoms with Gasteiger partial charge in [-0.15, -0.1) is 0 Å². The number of benzene rings is 1. The average Bonchev–Trinajstić information content (AvgIpc) is 2.75. The Labute approximate surface area is 109 Å². The van der Waals surface area contributed by atoms with Gasteiger partial charge in [0.05, 0.1) is 10.7 Å². The van der Waals surface area contributed by atoms with Gasteiger partial charge < -0.3 is 9.15 Å². The minimum absolute atomic E-state index is 0.0000561. The molecule has 0 saturated carbocycles. The Morgan fingerprint density at radius 2 is 1.89 bits per heavy atom. The Morgan fingerprint density at radius 3 is 2.39 bits per heavy atom. The van der Waals surface area contributed by atoms with Crippen molar-refractivity contribution in [1.82, 2.24) is 0 Å². The van der Waals surface area contributed by atoms with Crippen LogP contribution in [0.4, 0.5) is 8.78 Å². The first-order chi connectivity index (χ1) is 8.58. The molecule has 2 rings (SSSR count). The van der Waals surface area contributed by atoms with Gasteiger partial charge in [-0.25, -0.2) is 0 Å². The van der Waals surface area contributed by atoms with E-state index >= 15 is 0 Å². The molecule has 6 heteroatoms. The van der Waals surface area contributed by atoms with Gasteiger partial charge in [-0.3, -0.25) is 4.79 Å². The van der Waals surface area contributed by atoms with E-state index in [1.54, 1.807) is 6.07 Å². The fraction of sp³-hybridized carbons (Fsp3) is 0.0833. The number of ketones is 1. The lowest BCUT2D eigenvalue weighted by Crippen LogP contribution is -2.03. The van der Waals surface area contributed by atoms with Crippen LogP contribution in [0.25, 0.3) is 0 Å². The van der Waals surface area contributed by atoms with E-state index in [1.807, 2.05) is 0 Å². The zero-order valence-electron chi connectivity index (χ0n) is 8.90. The molecule has 0 unspecified atom stereocenters. The van der Waals surface area contributed by atoms with Crippen LogP contribution in [0.5, 0.6) is 5.75 Å². The summed E-state index contributed by atoms with van der Waals surface area (Å²) in [6.45, 7) is -2.88. The molecule has 0 amide bonds. The normalized spacial score (nSPS) is 10.7. The first-order valence-corrected chi connectivity index (χ1v) is 5.70. The van der Waals surface area contributed by atoms with Crippen molar-refractivity contribution in [3.63, 3.8) is 0 Å². The largest absolute Gasteiger partial charge is 0.460 e. The van der Waals surface area contributed by atoms with Crippen LogP contribution in [-0.4, -0.2) is 12.4 Å². The number of hydrogen-bond donors (Lipinski definition) is 0. The standard InChI is InChI=1S/C12H7BrF2O3/c13-9-5-6-17-11(9)10(16)7-1-3-8(4-2-7)18-12(14)15/h1-6,12H. The Kier molecular flexibility index (Phi) is 3.76. The van der Waals surface area contributed by atoms with Crippen molar-refractivity contribution in [1.29, 1.82) is 0 Å². The van der Waals surface area contributed by atoms with Gasteiger partial charge in [0.25, 0.3) is 0 Å². The van der Waals surface area contributed by atoms with Crippen LogP contribution in [0.1, 0.15) is 16.1 Å². The predicted octanol–water partition coefficient (Wildman–Crippen LogP) is 3.87. The Hall–Kier alpha value is -1.69. The van der Waals surface area contributed by atoms with Crippen LogP contribution in [0, 0.1) is 0 Å². The van der Waals surface area contributed by atoms with Gasteiger partial charge in [0.2, 0.25) is 5.78 Å². The molecule has 0 radical (unpaired) electrons. The lowest BCUT2D eigenvalue weighted by atomic mass is 10.1. The summed E-state index contributed by atoms with van der Waals surface area (Å²) in [7, 11) is 0. The SMILES string of the molecule is O=C(c1ccc(OC(F)F)cc1)c1occc1Br. The molecule has 1 aromatic heterocycles. The van der Waals surface area contributed by atoms with E-state index in [4.69, 9.17) is 4.42 Å². The summed E-state index contributed by atoms with van der Waals surface area (Å²) in [5, 5.41) is 0. The monoisotopic (exact) mass is 316 g/mol. The second-order valence-electron chi connectivity index (χ2n) is 3.33. The van der Waals surface area contributed by atoms with Crippen LogP contribution in [0.2, 0.25) is 0 Å². The summed E-state index contributed by atoms with van der Waals surface area (Å²) in [5.41, 5.74) is 0.326. The Morgan fingerprint density at radius 1 is 1.22 bits per heavy atom. The lowest BCUT2D eigenvalue weighted by Gasteiger charge is -2.04. The molecule has 0 atom stereocenters. The van der Waals surface area contributed by atoms with Gasteiger partial charge in [-0.1, -0.05) is 0 Å². The number of carbonyl (C=O) groups is 1. The van der Waals surface area contributed by atoms with E-state index in [0.717, 1.165) is 0 Å². The minimum Gasteiger partial charge on any atom is -0.460 e. The molecule has 0 N–H and O–H groups in total. The second kappa shape index (κ2) is 5.30. The van der Waals surface area contributed by atoms with Crippen LogP contribution >= 0.6 is 15.9 Å². The lowest BCUT2D eigenvalue weighted by molar-refractivity contribution is -0.0498. The summed E-state index contributed by atoms with van der Waals surface area (Å²) in [5.74, 6) is -0.173. The molecule has 2 aromatic rings. The zero-order valence-corrected chi connectivity index (χ0v) is 10.5. The predicted molar refractivity (Wildman–Crippen MR) is 62.9 cm³/mol. The first-order valence-electron chi connectivity index (χ1n) is 4.90. The van der Waals surface area contributed by atoms with Crippen molar-refractivity contribution in [2.45, 2.75) is 6.61 Å². The number of furan rings is 1. The summed E-state index contributed by atoms with van der Waals surface area (Å²) >= 11 is 3.17. The third-order valence-corrected chi connectivity index (χ3v) is 2.79. The molecule has 94 valence electrons. The molecule has 0 bridgehead atoms. The summed E-state index contributed by atoms with van der Waals surface area (Å²) in [6.07, 6.45) is 1.38. The number of carbonyl (C=O) groups excluding carboxylic acids is 1. The van der Waals surface area contributed by atoms with Gasteiger partial charge in [-0.2, -0.15) is 8.78 Å². The molecule has 0 fully saturated rings. The molecule has 18 heavy (non-hydrogen) atoms. The zero-order chi connectivity index (χ0) is 13.1. The molecule has 0 aliphatic heterocycles. The van der Waals surface area contributed by atoms with Gasteiger partial charge in [0, 0.05) is 5.56 Å². The van der Waals surface area contributed by atoms with Gasteiger partial charge >= 0.3 is 6.61 Å². The molecule has 0 spiro atoms. The molecule has 1 aromatic carbocycles. The maximum absolute atomic E-state index is 11.9. The van der Waals surface area contributed by atoms with Crippen LogP contribution in [0.3, 0.4) is 0 Å². The summed E-state index contributed by atoms with van der Waals surface area (Å²) in [4.78, 5) is 11.9. The highest BCUT2D eigenvalue weighted by molar-refractivity contribution is 9.10. The number of ether oxygens (including phenoxy) is 1. The number of halogens is 3. The quantitative estimate of drug-likeness (QED) is 0.804. The molecule has 0 saturated heterocycles.